The van der Waals surface area contributed by atoms with E-state index in [0.717, 1.165) is 21.5 Å². The van der Waals surface area contributed by atoms with Gasteiger partial charge in [-0.2, -0.15) is 0 Å². The molecule has 0 aromatic heterocycles. The van der Waals surface area contributed by atoms with Crippen molar-refractivity contribution in [3.63, 3.8) is 0 Å². The van der Waals surface area contributed by atoms with Gasteiger partial charge in [-0.15, -0.1) is 0 Å². The topological polar surface area (TPSA) is 35.5 Å². The maximum Gasteiger partial charge on any atom is 0.185 e. The molecule has 0 spiro atoms. The summed E-state index contributed by atoms with van der Waals surface area (Å²) in [7, 11) is 0. The summed E-state index contributed by atoms with van der Waals surface area (Å²) < 4.78 is 11.9. The van der Waals surface area contributed by atoms with Gasteiger partial charge >= 0.3 is 0 Å². The number of benzene rings is 2. The van der Waals surface area contributed by atoms with Crippen molar-refractivity contribution in [2.75, 3.05) is 13.2 Å². The van der Waals surface area contributed by atoms with Gasteiger partial charge in [-0.1, -0.05) is 28.1 Å². The van der Waals surface area contributed by atoms with E-state index >= 15 is 0 Å². The zero-order valence-electron chi connectivity index (χ0n) is 11.2. The van der Waals surface area contributed by atoms with Gasteiger partial charge in [0.2, 0.25) is 0 Å². The van der Waals surface area contributed by atoms with Crippen LogP contribution in [0.5, 0.6) is 11.5 Å². The van der Waals surface area contributed by atoms with Gasteiger partial charge in [0.1, 0.15) is 13.2 Å². The SMILES string of the molecule is O=C(/C=C/c1ccc2c(c1)OCCO2)c1ccc(Br)cc1. The second-order valence-electron chi connectivity index (χ2n) is 4.61. The molecule has 3 rings (SSSR count). The van der Waals surface area contributed by atoms with Gasteiger partial charge in [0.05, 0.1) is 0 Å². The van der Waals surface area contributed by atoms with Crippen LogP contribution in [0.15, 0.2) is 53.0 Å². The van der Waals surface area contributed by atoms with Crippen LogP contribution in [-0.4, -0.2) is 19.0 Å². The maximum atomic E-state index is 12.1. The van der Waals surface area contributed by atoms with E-state index in [9.17, 15) is 4.79 Å². The van der Waals surface area contributed by atoms with Crippen LogP contribution in [0, 0.1) is 0 Å². The molecule has 0 aliphatic carbocycles. The average Bonchev–Trinajstić information content (AvgIpc) is 2.53. The quantitative estimate of drug-likeness (QED) is 0.620. The Kier molecular flexibility index (Phi) is 4.06. The molecular formula is C17H13BrO3. The normalized spacial score (nSPS) is 13.4. The highest BCUT2D eigenvalue weighted by molar-refractivity contribution is 9.10. The molecule has 0 atom stereocenters. The molecule has 21 heavy (non-hydrogen) atoms. The Hall–Kier alpha value is -2.07. The van der Waals surface area contributed by atoms with Gasteiger partial charge < -0.3 is 9.47 Å². The summed E-state index contributed by atoms with van der Waals surface area (Å²) in [6.07, 6.45) is 3.34. The molecule has 0 N–H and O–H groups in total. The van der Waals surface area contributed by atoms with E-state index in [4.69, 9.17) is 9.47 Å². The molecule has 0 saturated carbocycles. The first-order chi connectivity index (χ1) is 10.2. The lowest BCUT2D eigenvalue weighted by Gasteiger charge is -2.18. The lowest BCUT2D eigenvalue weighted by molar-refractivity contribution is 0.104. The summed E-state index contributed by atoms with van der Waals surface area (Å²) in [5.74, 6) is 1.44. The minimum absolute atomic E-state index is 0.0302. The zero-order chi connectivity index (χ0) is 14.7. The van der Waals surface area contributed by atoms with E-state index in [1.54, 1.807) is 24.3 Å². The molecule has 1 aliphatic rings. The molecule has 0 saturated heterocycles. The minimum atomic E-state index is -0.0302. The van der Waals surface area contributed by atoms with Crippen LogP contribution in [0.3, 0.4) is 0 Å². The average molecular weight is 345 g/mol. The van der Waals surface area contributed by atoms with E-state index in [2.05, 4.69) is 15.9 Å². The van der Waals surface area contributed by atoms with E-state index in [1.807, 2.05) is 30.3 Å². The molecule has 0 fully saturated rings. The van der Waals surface area contributed by atoms with Crippen molar-refractivity contribution in [3.05, 3.63) is 64.1 Å². The van der Waals surface area contributed by atoms with Gasteiger partial charge in [-0.05, 0) is 48.0 Å². The van der Waals surface area contributed by atoms with Crippen LogP contribution in [0.1, 0.15) is 15.9 Å². The molecule has 2 aromatic carbocycles. The second kappa shape index (κ2) is 6.14. The van der Waals surface area contributed by atoms with Crippen LogP contribution in [0.2, 0.25) is 0 Å². The van der Waals surface area contributed by atoms with E-state index in [0.29, 0.717) is 18.8 Å². The third kappa shape index (κ3) is 3.34. The number of ether oxygens (including phenoxy) is 2. The molecule has 0 unspecified atom stereocenters. The first-order valence-electron chi connectivity index (χ1n) is 6.60. The van der Waals surface area contributed by atoms with Gasteiger partial charge in [0.15, 0.2) is 17.3 Å². The highest BCUT2D eigenvalue weighted by atomic mass is 79.9. The number of allylic oxidation sites excluding steroid dienone is 1. The number of rotatable bonds is 3. The minimum Gasteiger partial charge on any atom is -0.486 e. The first-order valence-corrected chi connectivity index (χ1v) is 7.39. The van der Waals surface area contributed by atoms with Crippen LogP contribution in [0.4, 0.5) is 0 Å². The summed E-state index contributed by atoms with van der Waals surface area (Å²) in [5.41, 5.74) is 1.57. The maximum absolute atomic E-state index is 12.1. The molecule has 0 radical (unpaired) electrons. The van der Waals surface area contributed by atoms with E-state index < -0.39 is 0 Å². The zero-order valence-corrected chi connectivity index (χ0v) is 12.8. The third-order valence-corrected chi connectivity index (χ3v) is 3.65. The Morgan fingerprint density at radius 2 is 1.71 bits per heavy atom. The Morgan fingerprint density at radius 3 is 2.48 bits per heavy atom. The molecule has 3 nitrogen and oxygen atoms in total. The van der Waals surface area contributed by atoms with Crippen molar-refractivity contribution in [1.29, 1.82) is 0 Å². The van der Waals surface area contributed by atoms with Crippen molar-refractivity contribution in [3.8, 4) is 11.5 Å². The molecule has 1 aliphatic heterocycles. The number of hydrogen-bond acceptors (Lipinski definition) is 3. The van der Waals surface area contributed by atoms with Crippen molar-refractivity contribution >= 4 is 27.8 Å². The molecule has 4 heteroatoms. The second-order valence-corrected chi connectivity index (χ2v) is 5.52. The van der Waals surface area contributed by atoms with Crippen LogP contribution in [0.25, 0.3) is 6.08 Å². The Balaban J connectivity index is 1.76. The smallest absolute Gasteiger partial charge is 0.185 e. The van der Waals surface area contributed by atoms with E-state index in [-0.39, 0.29) is 5.78 Å². The van der Waals surface area contributed by atoms with Crippen molar-refractivity contribution in [2.24, 2.45) is 0 Å². The third-order valence-electron chi connectivity index (χ3n) is 3.12. The lowest BCUT2D eigenvalue weighted by Crippen LogP contribution is -2.15. The van der Waals surface area contributed by atoms with Crippen molar-refractivity contribution < 1.29 is 14.3 Å². The Morgan fingerprint density at radius 1 is 1.00 bits per heavy atom. The standard InChI is InChI=1S/C17H13BrO3/c18-14-5-3-13(4-6-14)15(19)7-1-12-2-8-16-17(11-12)21-10-9-20-16/h1-8,11H,9-10H2/b7-1+. The fourth-order valence-corrected chi connectivity index (χ4v) is 2.31. The molecule has 106 valence electrons. The number of fused-ring (bicyclic) bond motifs is 1. The lowest BCUT2D eigenvalue weighted by atomic mass is 10.1. The monoisotopic (exact) mass is 344 g/mol. The molecule has 1 heterocycles. The van der Waals surface area contributed by atoms with Crippen LogP contribution >= 0.6 is 15.9 Å². The predicted octanol–water partition coefficient (Wildman–Crippen LogP) is 4.12. The fraction of sp³-hybridized carbons (Fsp3) is 0.118. The summed E-state index contributed by atoms with van der Waals surface area (Å²) in [5, 5.41) is 0. The van der Waals surface area contributed by atoms with Gasteiger partial charge in [-0.3, -0.25) is 4.79 Å². The fourth-order valence-electron chi connectivity index (χ4n) is 2.05. The summed E-state index contributed by atoms with van der Waals surface area (Å²) in [4.78, 5) is 12.1. The summed E-state index contributed by atoms with van der Waals surface area (Å²) in [6.45, 7) is 1.13. The number of carbonyl (C=O) groups excluding carboxylic acids is 1. The molecule has 2 aromatic rings. The predicted molar refractivity (Wildman–Crippen MR) is 84.9 cm³/mol. The summed E-state index contributed by atoms with van der Waals surface area (Å²) in [6, 6.07) is 12.9. The number of carbonyl (C=O) groups is 1. The van der Waals surface area contributed by atoms with Crippen molar-refractivity contribution in [2.45, 2.75) is 0 Å². The van der Waals surface area contributed by atoms with Crippen LogP contribution in [-0.2, 0) is 0 Å². The Bertz CT molecular complexity index is 690. The largest absolute Gasteiger partial charge is 0.486 e. The van der Waals surface area contributed by atoms with Crippen LogP contribution < -0.4 is 9.47 Å². The highest BCUT2D eigenvalue weighted by Gasteiger charge is 2.10. The van der Waals surface area contributed by atoms with Gasteiger partial charge in [0.25, 0.3) is 0 Å². The Labute approximate surface area is 131 Å². The molecule has 0 bridgehead atoms. The van der Waals surface area contributed by atoms with Gasteiger partial charge in [-0.25, -0.2) is 0 Å². The first kappa shape index (κ1) is 13.9. The summed E-state index contributed by atoms with van der Waals surface area (Å²) >= 11 is 3.35. The van der Waals surface area contributed by atoms with Gasteiger partial charge in [0, 0.05) is 10.0 Å². The number of ketones is 1. The number of hydrogen-bond donors (Lipinski definition) is 0. The number of halogens is 1. The molecule has 0 amide bonds. The molecular weight excluding hydrogens is 332 g/mol. The van der Waals surface area contributed by atoms with Crippen molar-refractivity contribution in [1.82, 2.24) is 0 Å². The highest BCUT2D eigenvalue weighted by Crippen LogP contribution is 2.31. The van der Waals surface area contributed by atoms with E-state index in [1.165, 1.54) is 0 Å².